The minimum absolute atomic E-state index is 0.00718. The molecule has 0 heterocycles. The van der Waals surface area contributed by atoms with Crippen LogP contribution >= 0.6 is 0 Å². The summed E-state index contributed by atoms with van der Waals surface area (Å²) in [6.07, 6.45) is -9.97. The molecular formula is C16H20F6N2O. The van der Waals surface area contributed by atoms with E-state index >= 15 is 0 Å². The highest BCUT2D eigenvalue weighted by Gasteiger charge is 2.37. The zero-order valence-electron chi connectivity index (χ0n) is 14.3. The second-order valence-electron chi connectivity index (χ2n) is 6.88. The zero-order valence-corrected chi connectivity index (χ0v) is 14.3. The normalized spacial score (nSPS) is 13.2. The fourth-order valence-electron chi connectivity index (χ4n) is 2.42. The van der Waals surface area contributed by atoms with Crippen LogP contribution in [-0.4, -0.2) is 38.0 Å². The van der Waals surface area contributed by atoms with Gasteiger partial charge in [-0.05, 0) is 37.7 Å². The summed E-state index contributed by atoms with van der Waals surface area (Å²) in [5.41, 5.74) is -4.11. The molecule has 0 saturated carbocycles. The van der Waals surface area contributed by atoms with Crippen molar-refractivity contribution in [3.05, 3.63) is 34.9 Å². The monoisotopic (exact) mass is 370 g/mol. The van der Waals surface area contributed by atoms with Crippen molar-refractivity contribution in [1.29, 1.82) is 0 Å². The number of hydrogen-bond acceptors (Lipinski definition) is 2. The van der Waals surface area contributed by atoms with Gasteiger partial charge in [0, 0.05) is 18.7 Å². The van der Waals surface area contributed by atoms with Gasteiger partial charge in [-0.2, -0.15) is 26.3 Å². The fraction of sp³-hybridized carbons (Fsp3) is 0.562. The molecule has 9 heteroatoms. The third-order valence-electron chi connectivity index (χ3n) is 3.32. The first kappa shape index (κ1) is 21.3. The van der Waals surface area contributed by atoms with Crippen molar-refractivity contribution >= 4 is 5.91 Å². The lowest BCUT2D eigenvalue weighted by atomic mass is 9.92. The number of nitrogens with zero attached hydrogens (tertiary/aromatic N) is 1. The van der Waals surface area contributed by atoms with Gasteiger partial charge in [0.2, 0.25) is 0 Å². The van der Waals surface area contributed by atoms with E-state index in [2.05, 4.69) is 5.32 Å². The van der Waals surface area contributed by atoms with Crippen LogP contribution in [0.25, 0.3) is 0 Å². The highest BCUT2D eigenvalue weighted by atomic mass is 19.4. The molecule has 0 unspecified atom stereocenters. The molecule has 0 aliphatic heterocycles. The minimum Gasteiger partial charge on any atom is -0.351 e. The summed E-state index contributed by atoms with van der Waals surface area (Å²) in [7, 11) is 3.62. The topological polar surface area (TPSA) is 32.3 Å². The van der Waals surface area contributed by atoms with Gasteiger partial charge in [0.15, 0.2) is 0 Å². The number of carbonyl (C=O) groups is 1. The summed E-state index contributed by atoms with van der Waals surface area (Å²) in [5, 5.41) is 2.40. The zero-order chi connectivity index (χ0) is 19.6. The molecule has 1 rings (SSSR count). The number of nitrogens with one attached hydrogen (secondary N) is 1. The number of benzene rings is 1. The molecule has 0 aliphatic rings. The molecule has 1 aromatic carbocycles. The first-order chi connectivity index (χ1) is 11.1. The number of carbonyl (C=O) groups excluding carboxylic acids is 1. The smallest absolute Gasteiger partial charge is 0.351 e. The van der Waals surface area contributed by atoms with E-state index in [0.29, 0.717) is 18.7 Å². The van der Waals surface area contributed by atoms with E-state index in [1.165, 1.54) is 0 Å². The average molecular weight is 370 g/mol. The summed E-state index contributed by atoms with van der Waals surface area (Å²) in [5.74, 6) is -0.983. The van der Waals surface area contributed by atoms with Crippen LogP contribution in [0, 0.1) is 5.41 Å². The van der Waals surface area contributed by atoms with Crippen molar-refractivity contribution in [1.82, 2.24) is 10.2 Å². The Kier molecular flexibility index (Phi) is 6.15. The molecule has 0 fully saturated rings. The van der Waals surface area contributed by atoms with E-state index in [-0.39, 0.29) is 12.6 Å². The van der Waals surface area contributed by atoms with Gasteiger partial charge in [-0.3, -0.25) is 4.79 Å². The molecule has 3 nitrogen and oxygen atoms in total. The Labute approximate surface area is 142 Å². The lowest BCUT2D eigenvalue weighted by Gasteiger charge is -2.28. The van der Waals surface area contributed by atoms with Crippen LogP contribution in [-0.2, 0) is 12.4 Å². The maximum absolute atomic E-state index is 12.8. The van der Waals surface area contributed by atoms with Crippen LogP contribution in [0.5, 0.6) is 0 Å². The van der Waals surface area contributed by atoms with Crippen LogP contribution in [0.4, 0.5) is 26.3 Å². The van der Waals surface area contributed by atoms with E-state index in [1.807, 2.05) is 32.8 Å². The van der Waals surface area contributed by atoms with Gasteiger partial charge in [0.25, 0.3) is 5.91 Å². The predicted molar refractivity (Wildman–Crippen MR) is 81.1 cm³/mol. The van der Waals surface area contributed by atoms with Crippen LogP contribution in [0.1, 0.15) is 35.3 Å². The average Bonchev–Trinajstić information content (AvgIpc) is 2.41. The summed E-state index contributed by atoms with van der Waals surface area (Å²) in [6.45, 7) is 4.31. The largest absolute Gasteiger partial charge is 0.416 e. The maximum atomic E-state index is 12.8. The van der Waals surface area contributed by atoms with Crippen molar-refractivity contribution in [2.75, 3.05) is 27.2 Å². The van der Waals surface area contributed by atoms with Gasteiger partial charge in [0.05, 0.1) is 11.1 Å². The standard InChI is InChI=1S/C16H20F6N2O/c1-14(2,9-24(3)4)8-23-13(25)10-5-11(15(17,18)19)7-12(6-10)16(20,21)22/h5-7H,8-9H2,1-4H3,(H,23,25). The van der Waals surface area contributed by atoms with Crippen molar-refractivity contribution in [2.24, 2.45) is 5.41 Å². The Balaban J connectivity index is 3.09. The molecule has 1 aromatic rings. The van der Waals surface area contributed by atoms with E-state index in [1.54, 1.807) is 0 Å². The number of halogens is 6. The van der Waals surface area contributed by atoms with Gasteiger partial charge in [-0.1, -0.05) is 13.8 Å². The Morgan fingerprint density at radius 1 is 0.960 bits per heavy atom. The SMILES string of the molecule is CN(C)CC(C)(C)CNC(=O)c1cc(C(F)(F)F)cc(C(F)(F)F)c1. The Morgan fingerprint density at radius 3 is 1.76 bits per heavy atom. The Bertz CT molecular complexity index is 588. The number of alkyl halides is 6. The molecule has 0 atom stereocenters. The fourth-order valence-corrected chi connectivity index (χ4v) is 2.42. The summed E-state index contributed by atoms with van der Waals surface area (Å²) >= 11 is 0. The molecule has 1 N–H and O–H groups in total. The first-order valence-electron chi connectivity index (χ1n) is 7.34. The molecule has 142 valence electrons. The van der Waals surface area contributed by atoms with Gasteiger partial charge in [-0.25, -0.2) is 0 Å². The van der Waals surface area contributed by atoms with E-state index < -0.39 is 40.4 Å². The van der Waals surface area contributed by atoms with Gasteiger partial charge >= 0.3 is 12.4 Å². The molecule has 0 aromatic heterocycles. The van der Waals surface area contributed by atoms with Crippen molar-refractivity contribution in [3.63, 3.8) is 0 Å². The summed E-state index contributed by atoms with van der Waals surface area (Å²) < 4.78 is 76.9. The van der Waals surface area contributed by atoms with Gasteiger partial charge < -0.3 is 10.2 Å². The van der Waals surface area contributed by atoms with E-state index in [4.69, 9.17) is 0 Å². The van der Waals surface area contributed by atoms with Crippen molar-refractivity contribution in [2.45, 2.75) is 26.2 Å². The Hall–Kier alpha value is -1.77. The van der Waals surface area contributed by atoms with Crippen LogP contribution in [0.15, 0.2) is 18.2 Å². The van der Waals surface area contributed by atoms with Crippen molar-refractivity contribution < 1.29 is 31.1 Å². The molecule has 25 heavy (non-hydrogen) atoms. The lowest BCUT2D eigenvalue weighted by molar-refractivity contribution is -0.143. The first-order valence-corrected chi connectivity index (χ1v) is 7.34. The second-order valence-corrected chi connectivity index (χ2v) is 6.88. The van der Waals surface area contributed by atoms with E-state index in [9.17, 15) is 31.1 Å². The van der Waals surface area contributed by atoms with Crippen LogP contribution < -0.4 is 5.32 Å². The summed E-state index contributed by atoms with van der Waals surface area (Å²) in [4.78, 5) is 13.9. The van der Waals surface area contributed by atoms with E-state index in [0.717, 1.165) is 0 Å². The lowest BCUT2D eigenvalue weighted by Crippen LogP contribution is -2.40. The molecule has 0 aliphatic carbocycles. The third-order valence-corrected chi connectivity index (χ3v) is 3.32. The quantitative estimate of drug-likeness (QED) is 0.794. The molecule has 0 radical (unpaired) electrons. The molecule has 0 bridgehead atoms. The predicted octanol–water partition coefficient (Wildman–Crippen LogP) is 4.04. The summed E-state index contributed by atoms with van der Waals surface area (Å²) in [6, 6.07) is 0.833. The highest BCUT2D eigenvalue weighted by Crippen LogP contribution is 2.36. The molecular weight excluding hydrogens is 350 g/mol. The minimum atomic E-state index is -4.99. The molecule has 0 spiro atoms. The third kappa shape index (κ3) is 6.56. The van der Waals surface area contributed by atoms with Gasteiger partial charge in [0.1, 0.15) is 0 Å². The highest BCUT2D eigenvalue weighted by molar-refractivity contribution is 5.94. The van der Waals surface area contributed by atoms with Crippen molar-refractivity contribution in [3.8, 4) is 0 Å². The number of amides is 1. The molecule has 1 amide bonds. The van der Waals surface area contributed by atoms with Crippen LogP contribution in [0.2, 0.25) is 0 Å². The van der Waals surface area contributed by atoms with Gasteiger partial charge in [-0.15, -0.1) is 0 Å². The number of rotatable bonds is 5. The second kappa shape index (κ2) is 7.23. The van der Waals surface area contributed by atoms with Crippen LogP contribution in [0.3, 0.4) is 0 Å². The Morgan fingerprint density at radius 2 is 1.40 bits per heavy atom. The molecule has 0 saturated heterocycles. The number of hydrogen-bond donors (Lipinski definition) is 1. The maximum Gasteiger partial charge on any atom is 0.416 e.